The molecule has 2 aliphatic rings. The van der Waals surface area contributed by atoms with Crippen LogP contribution in [0.5, 0.6) is 0 Å². The lowest BCUT2D eigenvalue weighted by Crippen LogP contribution is -2.69. The number of hydrazone groups is 1. The number of hydrogen-bond donors (Lipinski definition) is 2. The molecule has 7 nitrogen and oxygen atoms in total. The van der Waals surface area contributed by atoms with Crippen molar-refractivity contribution >= 4 is 18.3 Å². The number of nitrogens with zero attached hydrogens (tertiary/aromatic N) is 3. The molecule has 1 atom stereocenters. The van der Waals surface area contributed by atoms with Crippen LogP contribution < -0.4 is 10.6 Å². The average molecular weight is 295 g/mol. The van der Waals surface area contributed by atoms with Gasteiger partial charge >= 0.3 is 12.1 Å². The predicted octanol–water partition coefficient (Wildman–Crippen LogP) is 1.91. The Bertz CT molecular complexity index is 418. The maximum Gasteiger partial charge on any atom is 0.351 e. The van der Waals surface area contributed by atoms with Gasteiger partial charge in [-0.15, -0.1) is 0 Å². The third-order valence-corrected chi connectivity index (χ3v) is 3.83. The van der Waals surface area contributed by atoms with E-state index in [2.05, 4.69) is 15.7 Å². The van der Waals surface area contributed by atoms with Gasteiger partial charge in [-0.1, -0.05) is 33.1 Å². The van der Waals surface area contributed by atoms with Gasteiger partial charge in [-0.05, 0) is 25.8 Å². The summed E-state index contributed by atoms with van der Waals surface area (Å²) in [5.41, 5.74) is 0. The van der Waals surface area contributed by atoms with E-state index in [-0.39, 0.29) is 24.0 Å². The zero-order valence-electron chi connectivity index (χ0n) is 13.0. The molecular weight excluding hydrogens is 270 g/mol. The van der Waals surface area contributed by atoms with E-state index in [1.54, 1.807) is 13.3 Å². The summed E-state index contributed by atoms with van der Waals surface area (Å²) in [6.45, 7) is 3.98. The van der Waals surface area contributed by atoms with Gasteiger partial charge in [-0.3, -0.25) is 5.32 Å². The molecule has 21 heavy (non-hydrogen) atoms. The first-order valence-corrected chi connectivity index (χ1v) is 7.69. The van der Waals surface area contributed by atoms with Crippen LogP contribution in [-0.4, -0.2) is 47.6 Å². The van der Waals surface area contributed by atoms with Gasteiger partial charge in [0.15, 0.2) is 6.29 Å². The lowest BCUT2D eigenvalue weighted by atomic mass is 9.94. The minimum atomic E-state index is -0.597. The van der Waals surface area contributed by atoms with E-state index >= 15 is 0 Å². The van der Waals surface area contributed by atoms with Crippen LogP contribution in [0, 0.1) is 5.92 Å². The fraction of sp³-hybridized carbons (Fsp3) is 0.786. The summed E-state index contributed by atoms with van der Waals surface area (Å²) < 4.78 is 0. The Kier molecular flexibility index (Phi) is 5.17. The minimum absolute atomic E-state index is 0.0131. The summed E-state index contributed by atoms with van der Waals surface area (Å²) in [6.07, 6.45) is 6.17. The third-order valence-electron chi connectivity index (χ3n) is 3.83. The Hall–Kier alpha value is -1.63. The van der Waals surface area contributed by atoms with E-state index in [1.807, 2.05) is 13.8 Å². The van der Waals surface area contributed by atoms with Crippen molar-refractivity contribution in [3.05, 3.63) is 0 Å². The maximum atomic E-state index is 12.7. The van der Waals surface area contributed by atoms with Crippen LogP contribution >= 0.6 is 0 Å². The summed E-state index contributed by atoms with van der Waals surface area (Å²) in [4.78, 5) is 26.2. The molecule has 0 radical (unpaired) electrons. The number of nitrogens with one attached hydrogen (secondary N) is 2. The molecule has 7 heteroatoms. The highest BCUT2D eigenvalue weighted by atomic mass is 16.2. The Morgan fingerprint density at radius 1 is 1.29 bits per heavy atom. The molecule has 2 fully saturated rings. The first-order valence-electron chi connectivity index (χ1n) is 7.69. The Labute approximate surface area is 125 Å². The first kappa shape index (κ1) is 15.8. The van der Waals surface area contributed by atoms with Crippen LogP contribution in [0.4, 0.5) is 9.59 Å². The van der Waals surface area contributed by atoms with Crippen molar-refractivity contribution in [2.75, 3.05) is 7.05 Å². The number of imide groups is 1. The van der Waals surface area contributed by atoms with Crippen molar-refractivity contribution < 1.29 is 9.59 Å². The average Bonchev–Trinajstić information content (AvgIpc) is 2.46. The second kappa shape index (κ2) is 6.89. The van der Waals surface area contributed by atoms with Crippen LogP contribution in [0.2, 0.25) is 0 Å². The zero-order valence-corrected chi connectivity index (χ0v) is 13.0. The number of amides is 4. The molecule has 0 spiro atoms. The van der Waals surface area contributed by atoms with E-state index in [9.17, 15) is 9.59 Å². The molecule has 0 aromatic carbocycles. The molecule has 2 N–H and O–H groups in total. The second-order valence-electron chi connectivity index (χ2n) is 5.94. The summed E-state index contributed by atoms with van der Waals surface area (Å²) in [5, 5.41) is 11.2. The molecule has 118 valence electrons. The second-order valence-corrected chi connectivity index (χ2v) is 5.94. The van der Waals surface area contributed by atoms with Crippen molar-refractivity contribution in [2.24, 2.45) is 11.0 Å². The van der Waals surface area contributed by atoms with Crippen molar-refractivity contribution in [2.45, 2.75) is 58.3 Å². The standard InChI is InChI=1S/C14H25N5O2/c1-10(2)9-16-19-12(15-3)17-13(20)18(14(19)21)11-7-5-4-6-8-11/h9-12,15H,4-8H2,1-3H3,(H,17,20). The van der Waals surface area contributed by atoms with Gasteiger partial charge in [0.25, 0.3) is 0 Å². The summed E-state index contributed by atoms with van der Waals surface area (Å²) in [7, 11) is 1.69. The summed E-state index contributed by atoms with van der Waals surface area (Å²) >= 11 is 0. The number of urea groups is 2. The first-order chi connectivity index (χ1) is 10.0. The quantitative estimate of drug-likeness (QED) is 0.778. The van der Waals surface area contributed by atoms with Gasteiger partial charge in [0.2, 0.25) is 0 Å². The summed E-state index contributed by atoms with van der Waals surface area (Å²) in [6, 6.07) is -0.690. The van der Waals surface area contributed by atoms with Gasteiger partial charge < -0.3 is 5.32 Å². The van der Waals surface area contributed by atoms with Crippen LogP contribution in [0.25, 0.3) is 0 Å². The number of rotatable bonds is 4. The normalized spacial score (nSPS) is 25.0. The van der Waals surface area contributed by atoms with Crippen molar-refractivity contribution in [1.82, 2.24) is 20.5 Å². The van der Waals surface area contributed by atoms with Crippen molar-refractivity contribution in [3.8, 4) is 0 Å². The Morgan fingerprint density at radius 2 is 1.95 bits per heavy atom. The molecule has 0 bridgehead atoms. The number of carbonyl (C=O) groups is 2. The molecule has 1 saturated heterocycles. The lowest BCUT2D eigenvalue weighted by Gasteiger charge is -2.41. The maximum absolute atomic E-state index is 12.7. The molecule has 1 aliphatic carbocycles. The van der Waals surface area contributed by atoms with Crippen LogP contribution in [0.3, 0.4) is 0 Å². The van der Waals surface area contributed by atoms with Crippen molar-refractivity contribution in [1.29, 1.82) is 0 Å². The SMILES string of the molecule is CNC1NC(=O)N(C2CCCCC2)C(=O)N1N=CC(C)C. The highest BCUT2D eigenvalue weighted by Gasteiger charge is 2.41. The highest BCUT2D eigenvalue weighted by molar-refractivity contribution is 5.96. The highest BCUT2D eigenvalue weighted by Crippen LogP contribution is 2.25. The molecule has 1 heterocycles. The number of carbonyl (C=O) groups excluding carboxylic acids is 2. The monoisotopic (exact) mass is 295 g/mol. The van der Waals surface area contributed by atoms with Gasteiger partial charge in [0.05, 0.1) is 0 Å². The molecule has 0 aromatic rings. The molecule has 1 saturated carbocycles. The van der Waals surface area contributed by atoms with Crippen LogP contribution in [0.1, 0.15) is 46.0 Å². The van der Waals surface area contributed by atoms with E-state index < -0.39 is 6.29 Å². The summed E-state index contributed by atoms with van der Waals surface area (Å²) in [5.74, 6) is 0.232. The lowest BCUT2D eigenvalue weighted by molar-refractivity contribution is 0.0752. The zero-order chi connectivity index (χ0) is 15.4. The Balaban J connectivity index is 2.18. The fourth-order valence-corrected chi connectivity index (χ4v) is 2.73. The van der Waals surface area contributed by atoms with Crippen molar-refractivity contribution in [3.63, 3.8) is 0 Å². The van der Waals surface area contributed by atoms with Gasteiger partial charge in [0, 0.05) is 12.3 Å². The third kappa shape index (κ3) is 3.53. The van der Waals surface area contributed by atoms with Gasteiger partial charge in [-0.2, -0.15) is 10.1 Å². The molecular formula is C14H25N5O2. The largest absolute Gasteiger partial charge is 0.351 e. The molecule has 1 unspecified atom stereocenters. The smallest absolute Gasteiger partial charge is 0.303 e. The molecule has 2 rings (SSSR count). The van der Waals surface area contributed by atoms with Gasteiger partial charge in [0.1, 0.15) is 0 Å². The predicted molar refractivity (Wildman–Crippen MR) is 80.7 cm³/mol. The molecule has 0 aromatic heterocycles. The molecule has 1 aliphatic heterocycles. The van der Waals surface area contributed by atoms with Crippen LogP contribution in [0.15, 0.2) is 5.10 Å². The van der Waals surface area contributed by atoms with E-state index in [4.69, 9.17) is 0 Å². The number of hydrogen-bond acceptors (Lipinski definition) is 4. The topological polar surface area (TPSA) is 77.0 Å². The Morgan fingerprint density at radius 3 is 2.52 bits per heavy atom. The van der Waals surface area contributed by atoms with E-state index in [0.29, 0.717) is 0 Å². The fourth-order valence-electron chi connectivity index (χ4n) is 2.73. The van der Waals surface area contributed by atoms with E-state index in [1.165, 1.54) is 16.3 Å². The van der Waals surface area contributed by atoms with Gasteiger partial charge in [-0.25, -0.2) is 14.5 Å². The molecule has 4 amide bonds. The van der Waals surface area contributed by atoms with Crippen LogP contribution in [-0.2, 0) is 0 Å². The minimum Gasteiger partial charge on any atom is -0.303 e. The van der Waals surface area contributed by atoms with E-state index in [0.717, 1.165) is 25.7 Å².